The molecule has 0 aromatic heterocycles. The molecule has 1 heterocycles. The Kier molecular flexibility index (Phi) is 4.61. The first-order valence-corrected chi connectivity index (χ1v) is 6.34. The van der Waals surface area contributed by atoms with E-state index in [0.717, 1.165) is 0 Å². The van der Waals surface area contributed by atoms with Crippen LogP contribution in [0.1, 0.15) is 27.2 Å². The van der Waals surface area contributed by atoms with Gasteiger partial charge in [0.1, 0.15) is 0 Å². The van der Waals surface area contributed by atoms with Crippen molar-refractivity contribution in [1.29, 1.82) is 0 Å². The van der Waals surface area contributed by atoms with E-state index in [2.05, 4.69) is 0 Å². The van der Waals surface area contributed by atoms with E-state index in [1.165, 1.54) is 0 Å². The number of rotatable bonds is 4. The third-order valence-corrected chi connectivity index (χ3v) is 3.38. The van der Waals surface area contributed by atoms with E-state index in [-0.39, 0.29) is 16.8 Å². The predicted octanol–water partition coefficient (Wildman–Crippen LogP) is 1.05. The van der Waals surface area contributed by atoms with Crippen LogP contribution in [0.15, 0.2) is 0 Å². The van der Waals surface area contributed by atoms with E-state index >= 15 is 0 Å². The third-order valence-electron chi connectivity index (χ3n) is 2.17. The zero-order valence-corrected chi connectivity index (χ0v) is 11.5. The van der Waals surface area contributed by atoms with Gasteiger partial charge >= 0.3 is 98.5 Å². The van der Waals surface area contributed by atoms with Gasteiger partial charge in [0.05, 0.1) is 0 Å². The van der Waals surface area contributed by atoms with Crippen molar-refractivity contribution in [2.24, 2.45) is 0 Å². The first-order chi connectivity index (χ1) is 6.94. The zero-order chi connectivity index (χ0) is 11.5. The Morgan fingerprint density at radius 3 is 2.80 bits per heavy atom. The molecular formula is C10H17GeO4. The van der Waals surface area contributed by atoms with Crippen LogP contribution < -0.4 is 0 Å². The molecule has 0 unspecified atom stereocenters. The number of hydrogen-bond acceptors (Lipinski definition) is 4. The van der Waals surface area contributed by atoms with Gasteiger partial charge in [0.25, 0.3) is 0 Å². The summed E-state index contributed by atoms with van der Waals surface area (Å²) < 4.78 is 16.1. The minimum atomic E-state index is -0.520. The Bertz CT molecular complexity index is 229. The average molecular weight is 274 g/mol. The molecule has 1 saturated heterocycles. The molecule has 0 saturated carbocycles. The summed E-state index contributed by atoms with van der Waals surface area (Å²) in [5.41, 5.74) is 0. The van der Waals surface area contributed by atoms with Crippen molar-refractivity contribution in [3.05, 3.63) is 0 Å². The maximum atomic E-state index is 11.3. The maximum absolute atomic E-state index is 11.3. The van der Waals surface area contributed by atoms with Crippen molar-refractivity contribution in [2.45, 2.75) is 43.8 Å². The Morgan fingerprint density at radius 1 is 1.67 bits per heavy atom. The topological polar surface area (TPSA) is 44.8 Å². The predicted molar refractivity (Wildman–Crippen MR) is 55.7 cm³/mol. The Morgan fingerprint density at radius 2 is 2.33 bits per heavy atom. The third kappa shape index (κ3) is 4.12. The molecule has 4 nitrogen and oxygen atoms in total. The number of esters is 1. The zero-order valence-electron chi connectivity index (χ0n) is 9.41. The van der Waals surface area contributed by atoms with Crippen LogP contribution in [0.25, 0.3) is 0 Å². The molecule has 15 heavy (non-hydrogen) atoms. The van der Waals surface area contributed by atoms with Crippen LogP contribution >= 0.6 is 0 Å². The van der Waals surface area contributed by atoms with Crippen LogP contribution in [0, 0.1) is 0 Å². The number of carbonyl (C=O) groups excluding carboxylic acids is 1. The van der Waals surface area contributed by atoms with Gasteiger partial charge in [-0.2, -0.15) is 0 Å². The van der Waals surface area contributed by atoms with Gasteiger partial charge in [0, 0.05) is 0 Å². The van der Waals surface area contributed by atoms with E-state index < -0.39 is 5.79 Å². The van der Waals surface area contributed by atoms with Gasteiger partial charge in [-0.15, -0.1) is 0 Å². The summed E-state index contributed by atoms with van der Waals surface area (Å²) in [6.45, 7) is 6.54. The number of hydrogen-bond donors (Lipinski definition) is 0. The molecule has 0 amide bonds. The van der Waals surface area contributed by atoms with Crippen LogP contribution in [0.3, 0.4) is 0 Å². The SMILES string of the molecule is CCOC(=O)C[C@@H]([Ge])[C@H]1COC(C)(C)O1. The Hall–Kier alpha value is -0.0671. The molecule has 1 aliphatic heterocycles. The molecule has 85 valence electrons. The summed E-state index contributed by atoms with van der Waals surface area (Å²) in [5, 5.41) is 0. The summed E-state index contributed by atoms with van der Waals surface area (Å²) in [6, 6.07) is 0. The molecular weight excluding hydrogens is 257 g/mol. The van der Waals surface area contributed by atoms with Crippen LogP contribution in [-0.2, 0) is 19.0 Å². The summed E-state index contributed by atoms with van der Waals surface area (Å²) in [6.07, 6.45) is 0.377. The molecule has 0 N–H and O–H groups in total. The molecule has 1 aliphatic rings. The summed E-state index contributed by atoms with van der Waals surface area (Å²) in [7, 11) is 0. The van der Waals surface area contributed by atoms with Crippen molar-refractivity contribution < 1.29 is 19.0 Å². The Balaban J connectivity index is 2.35. The fraction of sp³-hybridized carbons (Fsp3) is 0.900. The van der Waals surface area contributed by atoms with E-state index in [1.807, 2.05) is 30.4 Å². The fourth-order valence-corrected chi connectivity index (χ4v) is 2.14. The first kappa shape index (κ1) is 13.0. The molecule has 3 radical (unpaired) electrons. The summed E-state index contributed by atoms with van der Waals surface area (Å²) in [4.78, 5) is 11.3. The quantitative estimate of drug-likeness (QED) is 0.567. The van der Waals surface area contributed by atoms with E-state index in [4.69, 9.17) is 14.2 Å². The van der Waals surface area contributed by atoms with Crippen LogP contribution in [-0.4, -0.2) is 47.6 Å². The standard InChI is InChI=1S/C10H17GeO4/c1-4-13-9(12)5-7(11)8-6-14-10(2,3)15-8/h7-8H,4-6H2,1-3H3/t7-,8-/m1/s1. The van der Waals surface area contributed by atoms with Crippen molar-refractivity contribution in [3.8, 4) is 0 Å². The van der Waals surface area contributed by atoms with Gasteiger partial charge in [0.2, 0.25) is 0 Å². The second kappa shape index (κ2) is 5.32. The van der Waals surface area contributed by atoms with Gasteiger partial charge in [-0.05, 0) is 0 Å². The molecule has 5 heteroatoms. The van der Waals surface area contributed by atoms with Crippen molar-refractivity contribution in [1.82, 2.24) is 0 Å². The molecule has 1 rings (SSSR count). The normalized spacial score (nSPS) is 26.3. The first-order valence-electron chi connectivity index (χ1n) is 5.13. The molecule has 0 aromatic carbocycles. The average Bonchev–Trinajstić information content (AvgIpc) is 2.46. The fourth-order valence-electron chi connectivity index (χ4n) is 1.44. The van der Waals surface area contributed by atoms with Crippen molar-refractivity contribution in [2.75, 3.05) is 13.2 Å². The van der Waals surface area contributed by atoms with Crippen molar-refractivity contribution in [3.63, 3.8) is 0 Å². The second-order valence-electron chi connectivity index (χ2n) is 3.98. The van der Waals surface area contributed by atoms with E-state index in [9.17, 15) is 4.79 Å². The van der Waals surface area contributed by atoms with Crippen LogP contribution in [0.5, 0.6) is 0 Å². The van der Waals surface area contributed by atoms with Gasteiger partial charge < -0.3 is 0 Å². The molecule has 1 fully saturated rings. The van der Waals surface area contributed by atoms with E-state index in [1.54, 1.807) is 6.92 Å². The molecule has 0 spiro atoms. The molecule has 0 aromatic rings. The minimum absolute atomic E-state index is 0.00981. The van der Waals surface area contributed by atoms with Crippen LogP contribution in [0.2, 0.25) is 4.75 Å². The van der Waals surface area contributed by atoms with Gasteiger partial charge in [-0.3, -0.25) is 0 Å². The Labute approximate surface area is 98.9 Å². The molecule has 0 aliphatic carbocycles. The van der Waals surface area contributed by atoms with E-state index in [0.29, 0.717) is 19.6 Å². The summed E-state index contributed by atoms with van der Waals surface area (Å²) in [5.74, 6) is -0.688. The van der Waals surface area contributed by atoms with Gasteiger partial charge in [0.15, 0.2) is 0 Å². The monoisotopic (exact) mass is 275 g/mol. The number of ether oxygens (including phenoxy) is 3. The second-order valence-corrected chi connectivity index (χ2v) is 5.54. The summed E-state index contributed by atoms with van der Waals surface area (Å²) >= 11 is 1.98. The molecule has 2 atom stereocenters. The van der Waals surface area contributed by atoms with Crippen molar-refractivity contribution >= 4 is 22.5 Å². The number of carbonyl (C=O) groups is 1. The molecule has 0 bridgehead atoms. The van der Waals surface area contributed by atoms with Crippen LogP contribution in [0.4, 0.5) is 0 Å². The van der Waals surface area contributed by atoms with Gasteiger partial charge in [-0.25, -0.2) is 0 Å². The van der Waals surface area contributed by atoms with Gasteiger partial charge in [-0.1, -0.05) is 0 Å².